The zero-order valence-corrected chi connectivity index (χ0v) is 13.5. The molecule has 0 radical (unpaired) electrons. The number of rotatable bonds is 10. The SMILES string of the molecule is CCC(CC)N(CCNCC1CCCO1)CC(C)C. The molecule has 3 nitrogen and oxygen atoms in total. The maximum absolute atomic E-state index is 5.64. The summed E-state index contributed by atoms with van der Waals surface area (Å²) >= 11 is 0. The van der Waals surface area contributed by atoms with E-state index in [-0.39, 0.29) is 0 Å². The maximum atomic E-state index is 5.64. The molecule has 0 bridgehead atoms. The van der Waals surface area contributed by atoms with E-state index < -0.39 is 0 Å². The molecule has 0 aliphatic carbocycles. The molecule has 0 aromatic rings. The van der Waals surface area contributed by atoms with Crippen LogP contribution in [-0.2, 0) is 4.74 Å². The molecule has 0 spiro atoms. The third-order valence-electron chi connectivity index (χ3n) is 4.03. The number of hydrogen-bond acceptors (Lipinski definition) is 3. The van der Waals surface area contributed by atoms with E-state index >= 15 is 0 Å². The second kappa shape index (κ2) is 9.73. The normalized spacial score (nSPS) is 20.1. The van der Waals surface area contributed by atoms with Gasteiger partial charge in [-0.05, 0) is 31.6 Å². The van der Waals surface area contributed by atoms with Gasteiger partial charge in [0.15, 0.2) is 0 Å². The predicted octanol–water partition coefficient (Wildman–Crippen LogP) is 2.90. The van der Waals surface area contributed by atoms with E-state index in [0.717, 1.165) is 38.2 Å². The molecule has 0 aromatic heterocycles. The van der Waals surface area contributed by atoms with Gasteiger partial charge in [0.25, 0.3) is 0 Å². The molecule has 19 heavy (non-hydrogen) atoms. The molecule has 0 amide bonds. The number of nitrogens with zero attached hydrogens (tertiary/aromatic N) is 1. The summed E-state index contributed by atoms with van der Waals surface area (Å²) in [4.78, 5) is 2.66. The highest BCUT2D eigenvalue weighted by Crippen LogP contribution is 2.12. The van der Waals surface area contributed by atoms with Crippen LogP contribution in [0.1, 0.15) is 53.4 Å². The lowest BCUT2D eigenvalue weighted by atomic mass is 10.1. The molecular formula is C16H34N2O. The van der Waals surface area contributed by atoms with Crippen molar-refractivity contribution >= 4 is 0 Å². The van der Waals surface area contributed by atoms with Crippen LogP contribution in [0.25, 0.3) is 0 Å². The Morgan fingerprint density at radius 1 is 1.26 bits per heavy atom. The molecule has 1 fully saturated rings. The van der Waals surface area contributed by atoms with Crippen molar-refractivity contribution in [3.8, 4) is 0 Å². The highest BCUT2D eigenvalue weighted by Gasteiger charge is 2.17. The van der Waals surface area contributed by atoms with Gasteiger partial charge in [0.05, 0.1) is 6.10 Å². The van der Waals surface area contributed by atoms with Gasteiger partial charge >= 0.3 is 0 Å². The Bertz CT molecular complexity index is 211. The molecule has 1 saturated heterocycles. The third kappa shape index (κ3) is 6.73. The van der Waals surface area contributed by atoms with Crippen LogP contribution in [0.5, 0.6) is 0 Å². The average Bonchev–Trinajstić information content (AvgIpc) is 2.88. The quantitative estimate of drug-likeness (QED) is 0.618. The second-order valence-corrected chi connectivity index (χ2v) is 6.20. The highest BCUT2D eigenvalue weighted by molar-refractivity contribution is 4.73. The minimum Gasteiger partial charge on any atom is -0.377 e. The van der Waals surface area contributed by atoms with Gasteiger partial charge in [-0.15, -0.1) is 0 Å². The molecule has 1 rings (SSSR count). The summed E-state index contributed by atoms with van der Waals surface area (Å²) in [5, 5.41) is 3.57. The van der Waals surface area contributed by atoms with E-state index in [1.807, 2.05) is 0 Å². The van der Waals surface area contributed by atoms with E-state index in [2.05, 4.69) is 37.9 Å². The van der Waals surface area contributed by atoms with Crippen LogP contribution in [0, 0.1) is 5.92 Å². The van der Waals surface area contributed by atoms with Crippen LogP contribution in [0.2, 0.25) is 0 Å². The first kappa shape index (κ1) is 16.9. The van der Waals surface area contributed by atoms with E-state index in [4.69, 9.17) is 4.74 Å². The predicted molar refractivity (Wildman–Crippen MR) is 82.6 cm³/mol. The Kier molecular flexibility index (Phi) is 8.67. The van der Waals surface area contributed by atoms with E-state index in [9.17, 15) is 0 Å². The van der Waals surface area contributed by atoms with Crippen molar-refractivity contribution in [3.05, 3.63) is 0 Å². The Hall–Kier alpha value is -0.120. The minimum absolute atomic E-state index is 0.465. The van der Waals surface area contributed by atoms with Crippen molar-refractivity contribution in [2.75, 3.05) is 32.8 Å². The molecule has 1 heterocycles. The van der Waals surface area contributed by atoms with Gasteiger partial charge in [-0.25, -0.2) is 0 Å². The van der Waals surface area contributed by atoms with Gasteiger partial charge in [0.1, 0.15) is 0 Å². The van der Waals surface area contributed by atoms with Crippen molar-refractivity contribution < 1.29 is 4.74 Å². The van der Waals surface area contributed by atoms with Crippen LogP contribution in [0.4, 0.5) is 0 Å². The largest absolute Gasteiger partial charge is 0.377 e. The van der Waals surface area contributed by atoms with Crippen LogP contribution >= 0.6 is 0 Å². The Morgan fingerprint density at radius 2 is 2.00 bits per heavy atom. The third-order valence-corrected chi connectivity index (χ3v) is 4.03. The van der Waals surface area contributed by atoms with Crippen LogP contribution in [0.3, 0.4) is 0 Å². The molecular weight excluding hydrogens is 236 g/mol. The highest BCUT2D eigenvalue weighted by atomic mass is 16.5. The molecule has 1 aliphatic rings. The fourth-order valence-electron chi connectivity index (χ4n) is 2.99. The van der Waals surface area contributed by atoms with Crippen molar-refractivity contribution in [1.29, 1.82) is 0 Å². The molecule has 1 aliphatic heterocycles. The second-order valence-electron chi connectivity index (χ2n) is 6.20. The molecule has 3 heteroatoms. The summed E-state index contributed by atoms with van der Waals surface area (Å²) < 4.78 is 5.64. The first-order valence-electron chi connectivity index (χ1n) is 8.23. The van der Waals surface area contributed by atoms with Gasteiger partial charge in [-0.2, -0.15) is 0 Å². The van der Waals surface area contributed by atoms with Crippen LogP contribution in [0.15, 0.2) is 0 Å². The zero-order valence-electron chi connectivity index (χ0n) is 13.5. The monoisotopic (exact) mass is 270 g/mol. The molecule has 0 saturated carbocycles. The summed E-state index contributed by atoms with van der Waals surface area (Å²) in [6, 6.07) is 0.743. The van der Waals surface area contributed by atoms with Gasteiger partial charge in [-0.1, -0.05) is 27.7 Å². The van der Waals surface area contributed by atoms with Crippen molar-refractivity contribution in [3.63, 3.8) is 0 Å². The van der Waals surface area contributed by atoms with E-state index in [1.54, 1.807) is 0 Å². The fraction of sp³-hybridized carbons (Fsp3) is 1.00. The lowest BCUT2D eigenvalue weighted by Crippen LogP contribution is -2.42. The summed E-state index contributed by atoms with van der Waals surface area (Å²) in [5.74, 6) is 0.749. The van der Waals surface area contributed by atoms with Crippen LogP contribution in [-0.4, -0.2) is 49.8 Å². The van der Waals surface area contributed by atoms with Gasteiger partial charge < -0.3 is 10.1 Å². The summed E-state index contributed by atoms with van der Waals surface area (Å²) in [6.45, 7) is 14.7. The first-order chi connectivity index (χ1) is 9.17. The zero-order chi connectivity index (χ0) is 14.1. The standard InChI is InChI=1S/C16H34N2O/c1-5-15(6-2)18(13-14(3)4)10-9-17-12-16-8-7-11-19-16/h14-17H,5-13H2,1-4H3. The van der Waals surface area contributed by atoms with Gasteiger partial charge in [-0.3, -0.25) is 4.90 Å². The first-order valence-corrected chi connectivity index (χ1v) is 8.23. The van der Waals surface area contributed by atoms with Gasteiger partial charge in [0, 0.05) is 38.8 Å². The number of hydrogen-bond donors (Lipinski definition) is 1. The van der Waals surface area contributed by atoms with Crippen molar-refractivity contribution in [1.82, 2.24) is 10.2 Å². The lowest BCUT2D eigenvalue weighted by Gasteiger charge is -2.32. The Morgan fingerprint density at radius 3 is 2.53 bits per heavy atom. The Labute approximate surface area is 120 Å². The summed E-state index contributed by atoms with van der Waals surface area (Å²) in [6.07, 6.45) is 5.45. The topological polar surface area (TPSA) is 24.5 Å². The maximum Gasteiger partial charge on any atom is 0.0700 e. The van der Waals surface area contributed by atoms with Crippen molar-refractivity contribution in [2.45, 2.75) is 65.5 Å². The molecule has 1 atom stereocenters. The molecule has 1 unspecified atom stereocenters. The Balaban J connectivity index is 2.22. The summed E-state index contributed by atoms with van der Waals surface area (Å²) in [7, 11) is 0. The molecule has 1 N–H and O–H groups in total. The number of ether oxygens (including phenoxy) is 1. The average molecular weight is 270 g/mol. The van der Waals surface area contributed by atoms with E-state index in [0.29, 0.717) is 6.10 Å². The summed E-state index contributed by atoms with van der Waals surface area (Å²) in [5.41, 5.74) is 0. The molecule has 0 aromatic carbocycles. The van der Waals surface area contributed by atoms with Crippen molar-refractivity contribution in [2.24, 2.45) is 5.92 Å². The van der Waals surface area contributed by atoms with E-state index in [1.165, 1.54) is 32.2 Å². The fourth-order valence-corrected chi connectivity index (χ4v) is 2.99. The van der Waals surface area contributed by atoms with Crippen LogP contribution < -0.4 is 5.32 Å². The minimum atomic E-state index is 0.465. The number of nitrogens with one attached hydrogen (secondary N) is 1. The molecule has 114 valence electrons. The lowest BCUT2D eigenvalue weighted by molar-refractivity contribution is 0.107. The van der Waals surface area contributed by atoms with Gasteiger partial charge in [0.2, 0.25) is 0 Å². The smallest absolute Gasteiger partial charge is 0.0700 e.